The van der Waals surface area contributed by atoms with E-state index < -0.39 is 9.84 Å². The van der Waals surface area contributed by atoms with Crippen LogP contribution < -0.4 is 5.32 Å². The highest BCUT2D eigenvalue weighted by Gasteiger charge is 2.33. The van der Waals surface area contributed by atoms with Gasteiger partial charge in [0.05, 0.1) is 17.5 Å². The highest BCUT2D eigenvalue weighted by atomic mass is 35.5. The molecule has 0 saturated carbocycles. The first-order chi connectivity index (χ1) is 10.4. The summed E-state index contributed by atoms with van der Waals surface area (Å²) in [5, 5.41) is 3.74. The van der Waals surface area contributed by atoms with E-state index >= 15 is 0 Å². The average molecular weight is 343 g/mol. The number of carbonyl (C=O) groups excluding carboxylic acids is 1. The molecule has 120 valence electrons. The summed E-state index contributed by atoms with van der Waals surface area (Å²) in [6, 6.07) is 5.24. The average Bonchev–Trinajstić information content (AvgIpc) is 2.79. The van der Waals surface area contributed by atoms with E-state index in [2.05, 4.69) is 5.32 Å². The van der Waals surface area contributed by atoms with Crippen molar-refractivity contribution in [3.8, 4) is 0 Å². The predicted octanol–water partition coefficient (Wildman–Crippen LogP) is 2.16. The fraction of sp³-hybridized carbons (Fsp3) is 0.533. The number of nitrogens with one attached hydrogen (secondary N) is 1. The second-order valence-corrected chi connectivity index (χ2v) is 8.71. The number of hydrogen-bond donors (Lipinski definition) is 1. The fourth-order valence-corrected chi connectivity index (χ4v) is 5.02. The Morgan fingerprint density at radius 2 is 2.18 bits per heavy atom. The minimum absolute atomic E-state index is 0.0227. The lowest BCUT2D eigenvalue weighted by Gasteiger charge is -2.34. The molecule has 2 aliphatic rings. The highest BCUT2D eigenvalue weighted by Crippen LogP contribution is 2.33. The number of nitrogens with zero attached hydrogens (tertiary/aromatic N) is 1. The number of sulfone groups is 1. The number of halogens is 1. The number of amides is 2. The van der Waals surface area contributed by atoms with Gasteiger partial charge >= 0.3 is 6.03 Å². The quantitative estimate of drug-likeness (QED) is 0.850. The predicted molar refractivity (Wildman–Crippen MR) is 85.9 cm³/mol. The standard InChI is InChI=1S/C15H19ClN2O3S/c1-10-9-22(20,21)7-6-18(10)15(19)17-14-5-2-11-8-12(16)3-4-13(11)14/h3-4,8,10,14H,2,5-7,9H2,1H3,(H,17,19)/t10-,14-/m0/s1. The van der Waals surface area contributed by atoms with Crippen LogP contribution in [0.4, 0.5) is 4.79 Å². The van der Waals surface area contributed by atoms with Crippen molar-refractivity contribution >= 4 is 27.5 Å². The van der Waals surface area contributed by atoms with E-state index in [9.17, 15) is 13.2 Å². The Morgan fingerprint density at radius 1 is 1.41 bits per heavy atom. The van der Waals surface area contributed by atoms with Crippen LogP contribution in [0.15, 0.2) is 18.2 Å². The minimum Gasteiger partial charge on any atom is -0.331 e. The summed E-state index contributed by atoms with van der Waals surface area (Å²) in [6.07, 6.45) is 1.74. The first-order valence-electron chi connectivity index (χ1n) is 7.41. The molecular weight excluding hydrogens is 324 g/mol. The number of aryl methyl sites for hydroxylation is 1. The normalized spacial score (nSPS) is 26.5. The number of carbonyl (C=O) groups is 1. The number of hydrogen-bond acceptors (Lipinski definition) is 3. The number of fused-ring (bicyclic) bond motifs is 1. The molecule has 1 N–H and O–H groups in total. The van der Waals surface area contributed by atoms with E-state index in [1.165, 1.54) is 5.56 Å². The zero-order chi connectivity index (χ0) is 15.9. The van der Waals surface area contributed by atoms with Crippen molar-refractivity contribution < 1.29 is 13.2 Å². The van der Waals surface area contributed by atoms with Gasteiger partial charge in [0.15, 0.2) is 9.84 Å². The largest absolute Gasteiger partial charge is 0.331 e. The minimum atomic E-state index is -3.02. The number of benzene rings is 1. The monoisotopic (exact) mass is 342 g/mol. The SMILES string of the molecule is C[C@H]1CS(=O)(=O)CCN1C(=O)N[C@H]1CCc2cc(Cl)ccc21. The second kappa shape index (κ2) is 5.74. The lowest BCUT2D eigenvalue weighted by molar-refractivity contribution is 0.181. The molecule has 0 aromatic heterocycles. The summed E-state index contributed by atoms with van der Waals surface area (Å²) in [6.45, 7) is 2.04. The van der Waals surface area contributed by atoms with E-state index in [0.29, 0.717) is 5.02 Å². The van der Waals surface area contributed by atoms with Crippen LogP contribution in [0.3, 0.4) is 0 Å². The highest BCUT2D eigenvalue weighted by molar-refractivity contribution is 7.91. The molecule has 0 radical (unpaired) electrons. The summed E-state index contributed by atoms with van der Waals surface area (Å²) in [5.41, 5.74) is 2.28. The van der Waals surface area contributed by atoms with Gasteiger partial charge in [-0.2, -0.15) is 0 Å². The Morgan fingerprint density at radius 3 is 2.91 bits per heavy atom. The molecule has 1 aliphatic carbocycles. The molecule has 1 fully saturated rings. The van der Waals surface area contributed by atoms with Crippen molar-refractivity contribution in [1.82, 2.24) is 10.2 Å². The molecule has 1 aliphatic heterocycles. The molecule has 7 heteroatoms. The molecule has 2 amide bonds. The van der Waals surface area contributed by atoms with Gasteiger partial charge in [0.1, 0.15) is 0 Å². The number of urea groups is 1. The lowest BCUT2D eigenvalue weighted by Crippen LogP contribution is -2.53. The molecule has 1 aromatic carbocycles. The van der Waals surface area contributed by atoms with Crippen molar-refractivity contribution in [2.75, 3.05) is 18.1 Å². The first-order valence-corrected chi connectivity index (χ1v) is 9.61. The second-order valence-electron chi connectivity index (χ2n) is 6.04. The van der Waals surface area contributed by atoms with Crippen molar-refractivity contribution in [2.24, 2.45) is 0 Å². The van der Waals surface area contributed by atoms with Gasteiger partial charge in [0, 0.05) is 17.6 Å². The maximum atomic E-state index is 12.4. The van der Waals surface area contributed by atoms with E-state index in [1.54, 1.807) is 11.8 Å². The van der Waals surface area contributed by atoms with Gasteiger partial charge in [-0.3, -0.25) is 0 Å². The molecule has 1 aromatic rings. The Balaban J connectivity index is 1.69. The molecule has 5 nitrogen and oxygen atoms in total. The third-order valence-electron chi connectivity index (χ3n) is 4.41. The first kappa shape index (κ1) is 15.6. The van der Waals surface area contributed by atoms with Crippen LogP contribution in [0.5, 0.6) is 0 Å². The Hall–Kier alpha value is -1.27. The molecule has 3 rings (SSSR count). The molecular formula is C15H19ClN2O3S. The van der Waals surface area contributed by atoms with Crippen LogP contribution in [0.25, 0.3) is 0 Å². The fourth-order valence-electron chi connectivity index (χ4n) is 3.27. The molecule has 2 atom stereocenters. The van der Waals surface area contributed by atoms with Crippen molar-refractivity contribution in [3.05, 3.63) is 34.3 Å². The summed E-state index contributed by atoms with van der Waals surface area (Å²) in [4.78, 5) is 14.1. The summed E-state index contributed by atoms with van der Waals surface area (Å²) >= 11 is 5.99. The van der Waals surface area contributed by atoms with Crippen LogP contribution in [-0.4, -0.2) is 43.4 Å². The third kappa shape index (κ3) is 3.08. The topological polar surface area (TPSA) is 66.5 Å². The van der Waals surface area contributed by atoms with Gasteiger partial charge in [-0.25, -0.2) is 13.2 Å². The van der Waals surface area contributed by atoms with Gasteiger partial charge in [-0.05, 0) is 43.0 Å². The molecule has 1 heterocycles. The van der Waals surface area contributed by atoms with Crippen LogP contribution in [0, 0.1) is 0 Å². The Bertz CT molecular complexity index is 705. The van der Waals surface area contributed by atoms with Crippen LogP contribution >= 0.6 is 11.6 Å². The van der Waals surface area contributed by atoms with Crippen LogP contribution in [-0.2, 0) is 16.3 Å². The van der Waals surface area contributed by atoms with Gasteiger partial charge in [0.25, 0.3) is 0 Å². The van der Waals surface area contributed by atoms with Gasteiger partial charge < -0.3 is 10.2 Å². The van der Waals surface area contributed by atoms with E-state index in [1.807, 2.05) is 18.2 Å². The molecule has 0 bridgehead atoms. The summed E-state index contributed by atoms with van der Waals surface area (Å²) in [5.74, 6) is 0.0822. The van der Waals surface area contributed by atoms with Crippen molar-refractivity contribution in [2.45, 2.75) is 31.8 Å². The van der Waals surface area contributed by atoms with E-state index in [-0.39, 0.29) is 36.2 Å². The smallest absolute Gasteiger partial charge is 0.318 e. The molecule has 0 unspecified atom stereocenters. The molecule has 0 spiro atoms. The third-order valence-corrected chi connectivity index (χ3v) is 6.44. The van der Waals surface area contributed by atoms with E-state index in [4.69, 9.17) is 11.6 Å². The Labute approximate surface area is 135 Å². The lowest BCUT2D eigenvalue weighted by atomic mass is 10.1. The van der Waals surface area contributed by atoms with Crippen LogP contribution in [0.2, 0.25) is 5.02 Å². The van der Waals surface area contributed by atoms with Crippen molar-refractivity contribution in [1.29, 1.82) is 0 Å². The maximum Gasteiger partial charge on any atom is 0.318 e. The molecule has 1 saturated heterocycles. The Kier molecular flexibility index (Phi) is 4.07. The number of rotatable bonds is 1. The van der Waals surface area contributed by atoms with E-state index in [0.717, 1.165) is 18.4 Å². The summed E-state index contributed by atoms with van der Waals surface area (Å²) < 4.78 is 23.2. The maximum absolute atomic E-state index is 12.4. The van der Waals surface area contributed by atoms with Gasteiger partial charge in [0.2, 0.25) is 0 Å². The summed E-state index contributed by atoms with van der Waals surface area (Å²) in [7, 11) is -3.02. The van der Waals surface area contributed by atoms with Crippen molar-refractivity contribution in [3.63, 3.8) is 0 Å². The molecule has 22 heavy (non-hydrogen) atoms. The van der Waals surface area contributed by atoms with Gasteiger partial charge in [-0.15, -0.1) is 0 Å². The van der Waals surface area contributed by atoms with Crippen LogP contribution in [0.1, 0.15) is 30.5 Å². The zero-order valence-corrected chi connectivity index (χ0v) is 14.0. The zero-order valence-electron chi connectivity index (χ0n) is 12.4. The van der Waals surface area contributed by atoms with Gasteiger partial charge in [-0.1, -0.05) is 17.7 Å².